The fourth-order valence-corrected chi connectivity index (χ4v) is 3.80. The molecule has 23 heavy (non-hydrogen) atoms. The number of benzene rings is 2. The maximum atomic E-state index is 13.3. The largest absolute Gasteiger partial charge is 0.342 e. The van der Waals surface area contributed by atoms with Gasteiger partial charge in [0, 0.05) is 19.5 Å². The Morgan fingerprint density at radius 2 is 1.91 bits per heavy atom. The number of anilines is 1. The van der Waals surface area contributed by atoms with Crippen molar-refractivity contribution in [3.05, 3.63) is 76.0 Å². The topological polar surface area (TPSA) is 29.0 Å². The molecule has 2 aromatic carbocycles. The van der Waals surface area contributed by atoms with E-state index in [9.17, 15) is 4.39 Å². The molecule has 4 rings (SSSR count). The van der Waals surface area contributed by atoms with E-state index in [4.69, 9.17) is 0 Å². The van der Waals surface area contributed by atoms with Gasteiger partial charge in [-0.25, -0.2) is 4.39 Å². The minimum atomic E-state index is -0.154. The van der Waals surface area contributed by atoms with Crippen molar-refractivity contribution in [3.8, 4) is 0 Å². The SMILES string of the molecule is Fc1ccc2c(c1)CCN(c1nnc(Cc3ccccc3)s1)C2. The quantitative estimate of drug-likeness (QED) is 0.733. The van der Waals surface area contributed by atoms with E-state index in [0.717, 1.165) is 41.6 Å². The van der Waals surface area contributed by atoms with Crippen LogP contribution in [0.4, 0.5) is 9.52 Å². The van der Waals surface area contributed by atoms with Crippen LogP contribution >= 0.6 is 11.3 Å². The van der Waals surface area contributed by atoms with Crippen LogP contribution in [-0.2, 0) is 19.4 Å². The maximum Gasteiger partial charge on any atom is 0.208 e. The Hall–Kier alpha value is -2.27. The number of hydrogen-bond acceptors (Lipinski definition) is 4. The second-order valence-electron chi connectivity index (χ2n) is 5.73. The molecule has 0 bridgehead atoms. The van der Waals surface area contributed by atoms with Gasteiger partial charge in [0.05, 0.1) is 0 Å². The highest BCUT2D eigenvalue weighted by atomic mass is 32.1. The van der Waals surface area contributed by atoms with Gasteiger partial charge in [-0.05, 0) is 35.2 Å². The molecule has 0 radical (unpaired) electrons. The highest BCUT2D eigenvalue weighted by Gasteiger charge is 2.20. The van der Waals surface area contributed by atoms with Gasteiger partial charge < -0.3 is 4.90 Å². The van der Waals surface area contributed by atoms with Gasteiger partial charge in [0.15, 0.2) is 0 Å². The van der Waals surface area contributed by atoms with Crippen LogP contribution in [0.15, 0.2) is 48.5 Å². The average Bonchev–Trinajstić information content (AvgIpc) is 3.04. The number of hydrogen-bond donors (Lipinski definition) is 0. The zero-order chi connectivity index (χ0) is 15.6. The second-order valence-corrected chi connectivity index (χ2v) is 6.77. The van der Waals surface area contributed by atoms with Crippen molar-refractivity contribution in [1.29, 1.82) is 0 Å². The second kappa shape index (κ2) is 6.08. The molecule has 0 N–H and O–H groups in total. The Morgan fingerprint density at radius 1 is 1.04 bits per heavy atom. The van der Waals surface area contributed by atoms with Gasteiger partial charge in [-0.15, -0.1) is 10.2 Å². The summed E-state index contributed by atoms with van der Waals surface area (Å²) in [5, 5.41) is 10.6. The molecule has 0 atom stereocenters. The van der Waals surface area contributed by atoms with Crippen LogP contribution in [0.25, 0.3) is 0 Å². The van der Waals surface area contributed by atoms with Crippen molar-refractivity contribution in [1.82, 2.24) is 10.2 Å². The predicted molar refractivity (Wildman–Crippen MR) is 90.3 cm³/mol. The summed E-state index contributed by atoms with van der Waals surface area (Å²) in [7, 11) is 0. The van der Waals surface area contributed by atoms with Gasteiger partial charge in [0.25, 0.3) is 0 Å². The van der Waals surface area contributed by atoms with E-state index in [-0.39, 0.29) is 5.82 Å². The molecular weight excluding hydrogens is 309 g/mol. The van der Waals surface area contributed by atoms with E-state index in [2.05, 4.69) is 27.2 Å². The van der Waals surface area contributed by atoms with Crippen LogP contribution < -0.4 is 4.90 Å². The van der Waals surface area contributed by atoms with E-state index < -0.39 is 0 Å². The van der Waals surface area contributed by atoms with Crippen molar-refractivity contribution in [2.45, 2.75) is 19.4 Å². The predicted octanol–water partition coefficient (Wildman–Crippen LogP) is 3.83. The number of nitrogens with zero attached hydrogens (tertiary/aromatic N) is 3. The Balaban J connectivity index is 1.50. The van der Waals surface area contributed by atoms with Crippen LogP contribution in [0.1, 0.15) is 21.7 Å². The number of fused-ring (bicyclic) bond motifs is 1. The fourth-order valence-electron chi connectivity index (χ4n) is 2.90. The summed E-state index contributed by atoms with van der Waals surface area (Å²) >= 11 is 1.64. The third-order valence-electron chi connectivity index (χ3n) is 4.11. The lowest BCUT2D eigenvalue weighted by Crippen LogP contribution is -2.30. The van der Waals surface area contributed by atoms with Crippen molar-refractivity contribution in [3.63, 3.8) is 0 Å². The van der Waals surface area contributed by atoms with E-state index in [1.165, 1.54) is 17.2 Å². The molecule has 0 aliphatic carbocycles. The summed E-state index contributed by atoms with van der Waals surface area (Å²) in [5.74, 6) is -0.154. The molecule has 5 heteroatoms. The van der Waals surface area contributed by atoms with Crippen molar-refractivity contribution in [2.75, 3.05) is 11.4 Å². The van der Waals surface area contributed by atoms with Crippen LogP contribution in [0.3, 0.4) is 0 Å². The molecule has 3 aromatic rings. The highest BCUT2D eigenvalue weighted by molar-refractivity contribution is 7.15. The first kappa shape index (κ1) is 14.3. The number of halogens is 1. The normalized spacial score (nSPS) is 13.9. The van der Waals surface area contributed by atoms with Gasteiger partial charge in [-0.1, -0.05) is 47.7 Å². The molecule has 0 amide bonds. The van der Waals surface area contributed by atoms with Crippen LogP contribution in [0.5, 0.6) is 0 Å². The molecule has 0 saturated heterocycles. The van der Waals surface area contributed by atoms with Gasteiger partial charge in [-0.2, -0.15) is 0 Å². The lowest BCUT2D eigenvalue weighted by molar-refractivity contribution is 0.619. The van der Waals surface area contributed by atoms with Crippen molar-refractivity contribution in [2.24, 2.45) is 0 Å². The average molecular weight is 325 g/mol. The number of aromatic nitrogens is 2. The van der Waals surface area contributed by atoms with Gasteiger partial charge >= 0.3 is 0 Å². The highest BCUT2D eigenvalue weighted by Crippen LogP contribution is 2.28. The van der Waals surface area contributed by atoms with Gasteiger partial charge in [-0.3, -0.25) is 0 Å². The maximum absolute atomic E-state index is 13.3. The smallest absolute Gasteiger partial charge is 0.208 e. The minimum Gasteiger partial charge on any atom is -0.342 e. The summed E-state index contributed by atoms with van der Waals surface area (Å²) in [6.07, 6.45) is 1.66. The summed E-state index contributed by atoms with van der Waals surface area (Å²) in [6.45, 7) is 1.63. The summed E-state index contributed by atoms with van der Waals surface area (Å²) < 4.78 is 13.3. The van der Waals surface area contributed by atoms with Crippen molar-refractivity contribution < 1.29 is 4.39 Å². The lowest BCUT2D eigenvalue weighted by Gasteiger charge is -2.28. The monoisotopic (exact) mass is 325 g/mol. The summed E-state index contributed by atoms with van der Waals surface area (Å²) in [4.78, 5) is 2.23. The minimum absolute atomic E-state index is 0.154. The zero-order valence-corrected chi connectivity index (χ0v) is 13.4. The first-order valence-electron chi connectivity index (χ1n) is 7.66. The molecule has 0 spiro atoms. The molecule has 3 nitrogen and oxygen atoms in total. The van der Waals surface area contributed by atoms with Crippen LogP contribution in [-0.4, -0.2) is 16.7 Å². The third kappa shape index (κ3) is 3.10. The molecular formula is C18H16FN3S. The molecule has 1 aliphatic rings. The van der Waals surface area contributed by atoms with E-state index in [1.807, 2.05) is 24.3 Å². The lowest BCUT2D eigenvalue weighted by atomic mass is 10.0. The first-order valence-corrected chi connectivity index (χ1v) is 8.48. The Labute approximate surface area is 138 Å². The Bertz CT molecular complexity index is 816. The summed E-state index contributed by atoms with van der Waals surface area (Å²) in [5.41, 5.74) is 3.53. The molecule has 116 valence electrons. The standard InChI is InChI=1S/C18H16FN3S/c19-16-7-6-15-12-22(9-8-14(15)11-16)18-21-20-17(23-18)10-13-4-2-1-3-5-13/h1-7,11H,8-10,12H2. The van der Waals surface area contributed by atoms with E-state index in [0.29, 0.717) is 0 Å². The molecule has 0 unspecified atom stereocenters. The molecule has 0 saturated carbocycles. The third-order valence-corrected chi connectivity index (χ3v) is 5.09. The molecule has 2 heterocycles. The van der Waals surface area contributed by atoms with Crippen molar-refractivity contribution >= 4 is 16.5 Å². The summed E-state index contributed by atoms with van der Waals surface area (Å²) in [6, 6.07) is 15.4. The fraction of sp³-hybridized carbons (Fsp3) is 0.222. The van der Waals surface area contributed by atoms with Crippen LogP contribution in [0, 0.1) is 5.82 Å². The van der Waals surface area contributed by atoms with E-state index >= 15 is 0 Å². The molecule has 1 aromatic heterocycles. The first-order chi connectivity index (χ1) is 11.3. The van der Waals surface area contributed by atoms with Gasteiger partial charge in [0.2, 0.25) is 5.13 Å². The Morgan fingerprint density at radius 3 is 2.78 bits per heavy atom. The Kier molecular flexibility index (Phi) is 3.79. The van der Waals surface area contributed by atoms with Crippen LogP contribution in [0.2, 0.25) is 0 Å². The number of rotatable bonds is 3. The molecule has 0 fully saturated rings. The van der Waals surface area contributed by atoms with E-state index in [1.54, 1.807) is 17.4 Å². The zero-order valence-electron chi connectivity index (χ0n) is 12.6. The van der Waals surface area contributed by atoms with Gasteiger partial charge in [0.1, 0.15) is 10.8 Å². The molecule has 1 aliphatic heterocycles.